The maximum atomic E-state index is 6.90. The number of fused-ring (bicyclic) bond motifs is 15. The number of nitrogens with zero attached hydrogens (tertiary/aromatic N) is 2. The molecule has 5 nitrogen and oxygen atoms in total. The Morgan fingerprint density at radius 2 is 1.07 bits per heavy atom. The number of benzene rings is 10. The minimum absolute atomic E-state index is 0.457. The van der Waals surface area contributed by atoms with Crippen molar-refractivity contribution >= 4 is 120 Å². The summed E-state index contributed by atoms with van der Waals surface area (Å²) in [5, 5.41) is 13.6. The molecule has 10 aromatic carbocycles. The number of aromatic nitrogens is 1. The van der Waals surface area contributed by atoms with Crippen LogP contribution >= 0.6 is 0 Å². The first-order valence-corrected chi connectivity index (χ1v) is 23.6. The fraction of sp³-hybridized carbons (Fsp3) is 0.0469. The van der Waals surface area contributed by atoms with E-state index >= 15 is 0 Å². The molecule has 1 atom stereocenters. The molecule has 69 heavy (non-hydrogen) atoms. The number of aliphatic imine (C=N–C) groups is 1. The average Bonchev–Trinajstić information content (AvgIpc) is 4.12. The zero-order valence-electron chi connectivity index (χ0n) is 37.6. The van der Waals surface area contributed by atoms with Crippen LogP contribution in [0.1, 0.15) is 36.1 Å². The smallest absolute Gasteiger partial charge is 0.136 e. The molecule has 0 fully saturated rings. The second-order valence-electron chi connectivity index (χ2n) is 18.7. The Morgan fingerprint density at radius 3 is 1.86 bits per heavy atom. The van der Waals surface area contributed by atoms with E-state index in [1.54, 1.807) is 0 Å². The van der Waals surface area contributed by atoms with Crippen LogP contribution in [0.3, 0.4) is 0 Å². The summed E-state index contributed by atoms with van der Waals surface area (Å²) in [6.45, 7) is 7.19. The lowest BCUT2D eigenvalue weighted by atomic mass is 9.87. The van der Waals surface area contributed by atoms with Crippen LogP contribution in [0.15, 0.2) is 230 Å². The van der Waals surface area contributed by atoms with Crippen LogP contribution in [0.5, 0.6) is 0 Å². The van der Waals surface area contributed by atoms with Crippen molar-refractivity contribution in [3.63, 3.8) is 0 Å². The molecule has 1 aliphatic rings. The average molecular weight is 885 g/mol. The highest BCUT2D eigenvalue weighted by atomic mass is 16.3. The van der Waals surface area contributed by atoms with Crippen LogP contribution < -0.4 is 0 Å². The fourth-order valence-electron chi connectivity index (χ4n) is 11.6. The predicted octanol–water partition coefficient (Wildman–Crippen LogP) is 17.8. The summed E-state index contributed by atoms with van der Waals surface area (Å²) in [7, 11) is 0. The van der Waals surface area contributed by atoms with E-state index in [1.807, 2.05) is 24.3 Å². The van der Waals surface area contributed by atoms with Gasteiger partial charge < -0.3 is 17.8 Å². The van der Waals surface area contributed by atoms with Crippen molar-refractivity contribution in [1.82, 2.24) is 4.57 Å². The van der Waals surface area contributed by atoms with E-state index in [2.05, 4.69) is 181 Å². The number of hydrogen-bond acceptors (Lipinski definition) is 4. The van der Waals surface area contributed by atoms with Gasteiger partial charge in [0.2, 0.25) is 0 Å². The van der Waals surface area contributed by atoms with Crippen molar-refractivity contribution in [2.75, 3.05) is 0 Å². The van der Waals surface area contributed by atoms with E-state index in [1.165, 1.54) is 26.9 Å². The Kier molecular flexibility index (Phi) is 7.91. The zero-order valence-corrected chi connectivity index (χ0v) is 37.6. The van der Waals surface area contributed by atoms with Crippen molar-refractivity contribution in [3.05, 3.63) is 229 Å². The quantitative estimate of drug-likeness (QED) is 0.177. The van der Waals surface area contributed by atoms with Gasteiger partial charge in [0, 0.05) is 60.8 Å². The van der Waals surface area contributed by atoms with Gasteiger partial charge in [-0.2, -0.15) is 0 Å². The Hall–Kier alpha value is -8.93. The molecule has 1 unspecified atom stereocenters. The number of rotatable bonds is 4. The van der Waals surface area contributed by atoms with Crippen LogP contribution in [0.4, 0.5) is 0 Å². The van der Waals surface area contributed by atoms with Gasteiger partial charge in [0.15, 0.2) is 0 Å². The van der Waals surface area contributed by atoms with E-state index in [-0.39, 0.29) is 0 Å². The van der Waals surface area contributed by atoms with Crippen LogP contribution in [0.25, 0.3) is 120 Å². The Labute approximate surface area is 395 Å². The van der Waals surface area contributed by atoms with E-state index in [0.717, 1.165) is 127 Å². The summed E-state index contributed by atoms with van der Waals surface area (Å²) in [6.07, 6.45) is 0.567. The molecule has 1 aliphatic heterocycles. The lowest BCUT2D eigenvalue weighted by Gasteiger charge is -2.20. The number of hydrogen-bond donors (Lipinski definition) is 0. The monoisotopic (exact) mass is 884 g/mol. The van der Waals surface area contributed by atoms with Crippen molar-refractivity contribution in [3.8, 4) is 5.69 Å². The van der Waals surface area contributed by atoms with Gasteiger partial charge in [-0.1, -0.05) is 140 Å². The number of para-hydroxylation sites is 3. The molecular formula is C64H40N2O3. The van der Waals surface area contributed by atoms with Crippen molar-refractivity contribution in [2.24, 2.45) is 4.99 Å². The molecule has 0 saturated carbocycles. The minimum atomic E-state index is -0.457. The van der Waals surface area contributed by atoms with E-state index in [9.17, 15) is 0 Å². The van der Waals surface area contributed by atoms with Gasteiger partial charge in [0.1, 0.15) is 39.5 Å². The summed E-state index contributed by atoms with van der Waals surface area (Å²) in [5.41, 5.74) is 15.5. The number of furan rings is 3. The Balaban J connectivity index is 1.03. The molecule has 5 heterocycles. The highest BCUT2D eigenvalue weighted by Gasteiger charge is 2.30. The van der Waals surface area contributed by atoms with E-state index in [4.69, 9.17) is 24.8 Å². The third-order valence-corrected chi connectivity index (χ3v) is 14.8. The first-order valence-electron chi connectivity index (χ1n) is 23.6. The zero-order chi connectivity index (χ0) is 45.5. The van der Waals surface area contributed by atoms with Crippen LogP contribution in [0.2, 0.25) is 0 Å². The maximum absolute atomic E-state index is 6.90. The Bertz CT molecular complexity index is 4620. The van der Waals surface area contributed by atoms with Crippen LogP contribution in [-0.4, -0.2) is 10.3 Å². The van der Waals surface area contributed by atoms with E-state index in [0.29, 0.717) is 6.42 Å². The van der Waals surface area contributed by atoms with Gasteiger partial charge in [-0.25, -0.2) is 0 Å². The largest absolute Gasteiger partial charge is 0.456 e. The van der Waals surface area contributed by atoms with Gasteiger partial charge in [-0.3, -0.25) is 4.99 Å². The normalized spacial score (nSPS) is 14.9. The van der Waals surface area contributed by atoms with Gasteiger partial charge in [0.05, 0.1) is 16.7 Å². The molecule has 0 aliphatic carbocycles. The first kappa shape index (κ1) is 38.2. The summed E-state index contributed by atoms with van der Waals surface area (Å²) >= 11 is 0. The first-order chi connectivity index (χ1) is 34.0. The molecule has 15 rings (SSSR count). The maximum Gasteiger partial charge on any atom is 0.136 e. The van der Waals surface area contributed by atoms with Crippen LogP contribution in [-0.2, 0) is 0 Å². The second-order valence-corrected chi connectivity index (χ2v) is 18.7. The molecule has 4 aromatic heterocycles. The van der Waals surface area contributed by atoms with Crippen molar-refractivity contribution in [2.45, 2.75) is 19.4 Å². The molecule has 0 bridgehead atoms. The molecule has 324 valence electrons. The topological polar surface area (TPSA) is 56.7 Å². The number of allylic oxidation sites excluding steroid dienone is 1. The molecule has 0 spiro atoms. The molecule has 0 N–H and O–H groups in total. The molecular weight excluding hydrogens is 845 g/mol. The Morgan fingerprint density at radius 1 is 0.464 bits per heavy atom. The molecule has 14 aromatic rings. The lowest BCUT2D eigenvalue weighted by molar-refractivity contribution is 0.667. The lowest BCUT2D eigenvalue weighted by Crippen LogP contribution is -2.09. The standard InChI is InChI=1S/C64H40N2O3/c1-36-29-52(65-64(42-24-27-48-46-19-9-12-22-57(46)68-60(48)33-42)37(2)62(36)41-23-26-47-45-18-8-11-21-56(45)67-59(47)32-41)50-35-61-51(63-43-16-6-5-13-38(43)25-28-58(63)69-61)34-55(50)66-53-20-10-7-17-44(53)49-30-39-14-3-4-15-40(39)31-54(49)66/h3-28,30-35,64H,2,29H2,1H3. The van der Waals surface area contributed by atoms with E-state index < -0.39 is 6.04 Å². The molecule has 5 heteroatoms. The SMILES string of the molecule is C=C1C(c2ccc3c(c2)oc2ccccc23)=C(C)CC(c2cc3oc4ccc5ccccc5c4c3cc2-n2c3ccccc3c3cc4ccccc4cc32)=NC1c1ccc2c(c1)oc1ccccc12. The molecule has 0 amide bonds. The third-order valence-electron chi connectivity index (χ3n) is 14.8. The fourth-order valence-corrected chi connectivity index (χ4v) is 11.6. The third kappa shape index (κ3) is 5.62. The van der Waals surface area contributed by atoms with Gasteiger partial charge >= 0.3 is 0 Å². The van der Waals surface area contributed by atoms with Gasteiger partial charge in [0.25, 0.3) is 0 Å². The predicted molar refractivity (Wildman–Crippen MR) is 286 cm³/mol. The summed E-state index contributed by atoms with van der Waals surface area (Å²) in [5.74, 6) is 0. The van der Waals surface area contributed by atoms with Crippen molar-refractivity contribution in [1.29, 1.82) is 0 Å². The molecule has 0 radical (unpaired) electrons. The van der Waals surface area contributed by atoms with Crippen LogP contribution in [0, 0.1) is 0 Å². The summed E-state index contributed by atoms with van der Waals surface area (Å²) < 4.78 is 22.4. The molecule has 0 saturated heterocycles. The summed E-state index contributed by atoms with van der Waals surface area (Å²) in [6, 6.07) is 68.8. The van der Waals surface area contributed by atoms with Gasteiger partial charge in [-0.15, -0.1) is 0 Å². The highest BCUT2D eigenvalue weighted by molar-refractivity contribution is 6.22. The summed E-state index contributed by atoms with van der Waals surface area (Å²) in [4.78, 5) is 5.93. The minimum Gasteiger partial charge on any atom is -0.456 e. The second kappa shape index (κ2) is 14.3. The highest BCUT2D eigenvalue weighted by Crippen LogP contribution is 2.46. The van der Waals surface area contributed by atoms with Gasteiger partial charge in [-0.05, 0) is 117 Å². The van der Waals surface area contributed by atoms with Crippen molar-refractivity contribution < 1.29 is 13.3 Å².